The monoisotopic (exact) mass is 308 g/mol. The lowest BCUT2D eigenvalue weighted by Gasteiger charge is -2.17. The first kappa shape index (κ1) is 16.3. The third kappa shape index (κ3) is 4.69. The van der Waals surface area contributed by atoms with E-state index >= 15 is 0 Å². The Morgan fingerprint density at radius 1 is 1.21 bits per heavy atom. The zero-order valence-corrected chi connectivity index (χ0v) is 12.9. The number of carbonyl (C=O) groups excluding carboxylic acids is 2. The maximum absolute atomic E-state index is 11.0. The lowest BCUT2D eigenvalue weighted by molar-refractivity contribution is -0.186. The summed E-state index contributed by atoms with van der Waals surface area (Å²) in [5.41, 5.74) is -0.00637. The molecule has 0 saturated heterocycles. The summed E-state index contributed by atoms with van der Waals surface area (Å²) in [4.78, 5) is 22.0. The predicted octanol–water partition coefficient (Wildman–Crippen LogP) is 3.42. The van der Waals surface area contributed by atoms with Gasteiger partial charge in [0.05, 0.1) is 0 Å². The fraction of sp³-hybridized carbons (Fsp3) is 0.692. The van der Waals surface area contributed by atoms with Crippen molar-refractivity contribution in [2.75, 3.05) is 0 Å². The molecule has 1 fully saturated rings. The maximum Gasteiger partial charge on any atom is 0.305 e. The summed E-state index contributed by atoms with van der Waals surface area (Å²) in [6, 6.07) is 0. The van der Waals surface area contributed by atoms with Gasteiger partial charge >= 0.3 is 11.9 Å². The molecule has 0 amide bonds. The minimum Gasteiger partial charge on any atom is -0.425 e. The Labute approximate surface area is 123 Å². The van der Waals surface area contributed by atoms with Crippen molar-refractivity contribution in [3.8, 4) is 0 Å². The topological polar surface area (TPSA) is 52.6 Å². The lowest BCUT2D eigenvalue weighted by Crippen LogP contribution is -2.23. The SMILES string of the molecule is CC(=O)OC(C[C@@H]1[C@H](C=C(Cl)Cl)C1(C)C)OC(C)=O. The molecule has 108 valence electrons. The van der Waals surface area contributed by atoms with Crippen LogP contribution in [0.3, 0.4) is 0 Å². The number of rotatable bonds is 5. The van der Waals surface area contributed by atoms with Crippen molar-refractivity contribution in [3.05, 3.63) is 10.6 Å². The van der Waals surface area contributed by atoms with E-state index in [4.69, 9.17) is 32.7 Å². The van der Waals surface area contributed by atoms with Gasteiger partial charge in [0.2, 0.25) is 6.29 Å². The van der Waals surface area contributed by atoms with Crippen molar-refractivity contribution in [1.82, 2.24) is 0 Å². The predicted molar refractivity (Wildman–Crippen MR) is 72.5 cm³/mol. The molecular weight excluding hydrogens is 291 g/mol. The molecule has 1 rings (SSSR count). The van der Waals surface area contributed by atoms with Gasteiger partial charge in [-0.3, -0.25) is 9.59 Å². The van der Waals surface area contributed by atoms with Gasteiger partial charge in [-0.05, 0) is 17.3 Å². The van der Waals surface area contributed by atoms with Crippen LogP contribution < -0.4 is 0 Å². The Morgan fingerprint density at radius 2 is 1.68 bits per heavy atom. The number of hydrogen-bond acceptors (Lipinski definition) is 4. The van der Waals surface area contributed by atoms with Crippen LogP contribution in [0, 0.1) is 17.3 Å². The van der Waals surface area contributed by atoms with Crippen LogP contribution in [0.15, 0.2) is 10.6 Å². The zero-order chi connectivity index (χ0) is 14.8. The Kier molecular flexibility index (Phi) is 5.27. The van der Waals surface area contributed by atoms with Gasteiger partial charge in [0.25, 0.3) is 0 Å². The van der Waals surface area contributed by atoms with Gasteiger partial charge in [0.15, 0.2) is 0 Å². The number of halogens is 2. The molecule has 1 aliphatic carbocycles. The molecule has 2 atom stereocenters. The molecule has 0 aliphatic heterocycles. The van der Waals surface area contributed by atoms with Crippen LogP contribution in [0.4, 0.5) is 0 Å². The third-order valence-electron chi connectivity index (χ3n) is 3.49. The lowest BCUT2D eigenvalue weighted by atomic mass is 10.1. The highest BCUT2D eigenvalue weighted by Gasteiger charge is 2.57. The van der Waals surface area contributed by atoms with Gasteiger partial charge in [-0.15, -0.1) is 0 Å². The standard InChI is InChI=1S/C13H18Cl2O4/c1-7(16)18-12(19-8(2)17)6-10-9(5-11(14)15)13(10,3)4/h5,9-10,12H,6H2,1-4H3/t9-,10+/m0/s1. The average Bonchev–Trinajstić information content (AvgIpc) is 2.66. The molecule has 0 aromatic carbocycles. The van der Waals surface area contributed by atoms with Crippen LogP contribution in [-0.4, -0.2) is 18.2 Å². The fourth-order valence-corrected chi connectivity index (χ4v) is 2.67. The summed E-state index contributed by atoms with van der Waals surface area (Å²) in [6.45, 7) is 6.69. The number of ether oxygens (including phenoxy) is 2. The van der Waals surface area contributed by atoms with Crippen LogP contribution in [0.5, 0.6) is 0 Å². The van der Waals surface area contributed by atoms with Crippen LogP contribution >= 0.6 is 23.2 Å². The van der Waals surface area contributed by atoms with Crippen molar-refractivity contribution in [2.24, 2.45) is 17.3 Å². The van der Waals surface area contributed by atoms with Gasteiger partial charge in [-0.25, -0.2) is 0 Å². The van der Waals surface area contributed by atoms with E-state index in [1.165, 1.54) is 13.8 Å². The van der Waals surface area contributed by atoms with E-state index in [0.29, 0.717) is 6.42 Å². The largest absolute Gasteiger partial charge is 0.425 e. The highest BCUT2D eigenvalue weighted by Crippen LogP contribution is 2.61. The van der Waals surface area contributed by atoms with E-state index in [-0.39, 0.29) is 21.7 Å². The van der Waals surface area contributed by atoms with E-state index < -0.39 is 18.2 Å². The second kappa shape index (κ2) is 6.14. The molecule has 6 heteroatoms. The molecule has 0 radical (unpaired) electrons. The van der Waals surface area contributed by atoms with Gasteiger partial charge in [0.1, 0.15) is 4.49 Å². The number of esters is 2. The molecular formula is C13H18Cl2O4. The molecule has 19 heavy (non-hydrogen) atoms. The first-order valence-electron chi connectivity index (χ1n) is 6.02. The Hall–Kier alpha value is -0.740. The van der Waals surface area contributed by atoms with E-state index in [9.17, 15) is 9.59 Å². The minimum absolute atomic E-state index is 0.00637. The third-order valence-corrected chi connectivity index (χ3v) is 3.74. The fourth-order valence-electron chi connectivity index (χ4n) is 2.40. The number of allylic oxidation sites excluding steroid dienone is 1. The smallest absolute Gasteiger partial charge is 0.305 e. The molecule has 1 saturated carbocycles. The summed E-state index contributed by atoms with van der Waals surface area (Å²) in [5.74, 6) is -0.575. The van der Waals surface area contributed by atoms with Crippen LogP contribution in [0.2, 0.25) is 0 Å². The van der Waals surface area contributed by atoms with Gasteiger partial charge in [-0.2, -0.15) is 0 Å². The summed E-state index contributed by atoms with van der Waals surface area (Å²) in [7, 11) is 0. The van der Waals surface area contributed by atoms with Gasteiger partial charge < -0.3 is 9.47 Å². The van der Waals surface area contributed by atoms with Crippen LogP contribution in [0.25, 0.3) is 0 Å². The summed E-state index contributed by atoms with van der Waals surface area (Å²) < 4.78 is 10.2. The molecule has 0 aromatic heterocycles. The molecule has 1 aliphatic rings. The summed E-state index contributed by atoms with van der Waals surface area (Å²) in [5, 5.41) is 0. The van der Waals surface area contributed by atoms with Crippen molar-refractivity contribution >= 4 is 35.1 Å². The van der Waals surface area contributed by atoms with E-state index in [1.54, 1.807) is 6.08 Å². The highest BCUT2D eigenvalue weighted by atomic mass is 35.5. The number of hydrogen-bond donors (Lipinski definition) is 0. The second-order valence-electron chi connectivity index (χ2n) is 5.29. The Balaban J connectivity index is 2.67. The molecule has 4 nitrogen and oxygen atoms in total. The Bertz CT molecular complexity index is 383. The minimum atomic E-state index is -0.855. The van der Waals surface area contributed by atoms with Gasteiger partial charge in [0, 0.05) is 20.3 Å². The highest BCUT2D eigenvalue weighted by molar-refractivity contribution is 6.55. The van der Waals surface area contributed by atoms with E-state index in [0.717, 1.165) is 0 Å². The van der Waals surface area contributed by atoms with Gasteiger partial charge in [-0.1, -0.05) is 43.1 Å². The molecule has 0 aromatic rings. The molecule has 0 spiro atoms. The van der Waals surface area contributed by atoms with E-state index in [1.807, 2.05) is 0 Å². The van der Waals surface area contributed by atoms with Crippen LogP contribution in [-0.2, 0) is 19.1 Å². The zero-order valence-electron chi connectivity index (χ0n) is 11.4. The molecule has 0 bridgehead atoms. The maximum atomic E-state index is 11.0. The van der Waals surface area contributed by atoms with Crippen molar-refractivity contribution < 1.29 is 19.1 Å². The number of carbonyl (C=O) groups is 2. The quantitative estimate of drug-likeness (QED) is 0.577. The van der Waals surface area contributed by atoms with Crippen LogP contribution in [0.1, 0.15) is 34.1 Å². The normalized spacial score (nSPS) is 23.7. The van der Waals surface area contributed by atoms with Crippen molar-refractivity contribution in [2.45, 2.75) is 40.4 Å². The second-order valence-corrected chi connectivity index (χ2v) is 6.30. The first-order valence-corrected chi connectivity index (χ1v) is 6.77. The van der Waals surface area contributed by atoms with E-state index in [2.05, 4.69) is 13.8 Å². The van der Waals surface area contributed by atoms with Crippen molar-refractivity contribution in [3.63, 3.8) is 0 Å². The average molecular weight is 309 g/mol. The first-order chi connectivity index (χ1) is 8.64. The molecule has 0 unspecified atom stereocenters. The Morgan fingerprint density at radius 3 is 2.05 bits per heavy atom. The molecule has 0 heterocycles. The summed E-state index contributed by atoms with van der Waals surface area (Å²) in [6.07, 6.45) is 1.35. The summed E-state index contributed by atoms with van der Waals surface area (Å²) >= 11 is 11.3. The van der Waals surface area contributed by atoms with Crippen molar-refractivity contribution in [1.29, 1.82) is 0 Å². The molecule has 0 N–H and O–H groups in total.